The SMILES string of the molecule is CC(C)=CCc1c2c(cc3[nH]c(=O)oc13)[C@]1(C[C@]34NC(=O)[C@@]5(CCCN5C3=O)C[C@H]4C1(C)C)C(=O)N2. The number of carbonyl (C=O) groups is 3. The second kappa shape index (κ2) is 6.30. The predicted molar refractivity (Wildman–Crippen MR) is 131 cm³/mol. The number of nitrogens with one attached hydrogen (secondary N) is 3. The number of fused-ring (bicyclic) bond motifs is 4. The first-order valence-electron chi connectivity index (χ1n) is 12.8. The van der Waals surface area contributed by atoms with E-state index in [-0.39, 0.29) is 30.1 Å². The number of amides is 3. The lowest BCUT2D eigenvalue weighted by Gasteiger charge is -2.59. The normalized spacial score (nSPS) is 35.2. The van der Waals surface area contributed by atoms with Crippen LogP contribution in [0.15, 0.2) is 26.9 Å². The first-order chi connectivity index (χ1) is 17.0. The van der Waals surface area contributed by atoms with Crippen molar-refractivity contribution in [2.45, 2.75) is 76.3 Å². The first kappa shape index (κ1) is 21.9. The van der Waals surface area contributed by atoms with Crippen molar-refractivity contribution in [3.8, 4) is 0 Å². The number of carbonyl (C=O) groups excluding carboxylic acids is 3. The maximum Gasteiger partial charge on any atom is 0.417 e. The summed E-state index contributed by atoms with van der Waals surface area (Å²) in [4.78, 5) is 58.3. The number of hydrogen-bond acceptors (Lipinski definition) is 5. The summed E-state index contributed by atoms with van der Waals surface area (Å²) in [6, 6.07) is 1.84. The molecule has 3 amide bonds. The van der Waals surface area contributed by atoms with E-state index < -0.39 is 27.7 Å². The highest BCUT2D eigenvalue weighted by molar-refractivity contribution is 6.13. The molecule has 36 heavy (non-hydrogen) atoms. The van der Waals surface area contributed by atoms with E-state index in [4.69, 9.17) is 4.42 Å². The topological polar surface area (TPSA) is 125 Å². The molecule has 1 aliphatic carbocycles. The molecular formula is C27H30N4O5. The minimum atomic E-state index is -1.12. The van der Waals surface area contributed by atoms with Crippen LogP contribution in [0.2, 0.25) is 0 Å². The van der Waals surface area contributed by atoms with Gasteiger partial charge in [-0.1, -0.05) is 25.5 Å². The summed E-state index contributed by atoms with van der Waals surface area (Å²) in [5.74, 6) is -1.04. The van der Waals surface area contributed by atoms with E-state index in [9.17, 15) is 19.2 Å². The molecule has 9 nitrogen and oxygen atoms in total. The quantitative estimate of drug-likeness (QED) is 0.558. The van der Waals surface area contributed by atoms with Crippen LogP contribution in [0.5, 0.6) is 0 Å². The van der Waals surface area contributed by atoms with Gasteiger partial charge in [0, 0.05) is 18.0 Å². The molecule has 5 aliphatic heterocycles. The van der Waals surface area contributed by atoms with Gasteiger partial charge in [-0.25, -0.2) is 4.79 Å². The van der Waals surface area contributed by atoms with Gasteiger partial charge in [-0.3, -0.25) is 19.4 Å². The van der Waals surface area contributed by atoms with Crippen molar-refractivity contribution in [3.05, 3.63) is 39.4 Å². The smallest absolute Gasteiger partial charge is 0.407 e. The minimum absolute atomic E-state index is 0.0513. The van der Waals surface area contributed by atoms with Gasteiger partial charge in [-0.2, -0.15) is 0 Å². The molecule has 0 unspecified atom stereocenters. The van der Waals surface area contributed by atoms with E-state index in [0.29, 0.717) is 42.6 Å². The lowest BCUT2D eigenvalue weighted by atomic mass is 9.57. The Morgan fingerprint density at radius 1 is 1.19 bits per heavy atom. The molecule has 1 saturated carbocycles. The standard InChI is InChI=1S/C27H30N4O5/c1-13(2)6-7-14-18-15(10-16-19(14)36-23(35)28-16)26(21(33)29-18)12-27-17(24(26,3)4)11-25(20(32)30-27)8-5-9-31(25)22(27)34/h6,10,17H,5,7-9,11-12H2,1-4H3,(H,28,35)(H,29,33)(H,30,32)/t17-,25+,26+,27+/m0/s1. The van der Waals surface area contributed by atoms with Crippen molar-refractivity contribution < 1.29 is 18.8 Å². The Labute approximate surface area is 207 Å². The van der Waals surface area contributed by atoms with E-state index in [1.165, 1.54) is 0 Å². The van der Waals surface area contributed by atoms with E-state index in [1.807, 2.05) is 26.0 Å². The zero-order valence-electron chi connectivity index (χ0n) is 21.0. The molecular weight excluding hydrogens is 460 g/mol. The molecule has 4 saturated heterocycles. The minimum Gasteiger partial charge on any atom is -0.407 e. The number of rotatable bonds is 2. The summed E-state index contributed by atoms with van der Waals surface area (Å²) in [5.41, 5.74) is 0.626. The van der Waals surface area contributed by atoms with E-state index in [1.54, 1.807) is 4.90 Å². The van der Waals surface area contributed by atoms with Crippen LogP contribution >= 0.6 is 0 Å². The molecule has 3 N–H and O–H groups in total. The Balaban J connectivity index is 1.48. The monoisotopic (exact) mass is 490 g/mol. The second-order valence-electron chi connectivity index (χ2n) is 12.2. The van der Waals surface area contributed by atoms with Crippen molar-refractivity contribution in [1.29, 1.82) is 0 Å². The van der Waals surface area contributed by atoms with Crippen LogP contribution < -0.4 is 16.4 Å². The van der Waals surface area contributed by atoms with Gasteiger partial charge in [0.15, 0.2) is 5.58 Å². The Hall–Kier alpha value is -3.36. The number of anilines is 1. The summed E-state index contributed by atoms with van der Waals surface area (Å²) >= 11 is 0. The zero-order chi connectivity index (χ0) is 25.4. The number of piperazine rings is 1. The molecule has 9 heteroatoms. The number of hydrogen-bond donors (Lipinski definition) is 3. The lowest BCUT2D eigenvalue weighted by molar-refractivity contribution is -0.175. The number of oxazole rings is 1. The average Bonchev–Trinajstić information content (AvgIpc) is 3.51. The van der Waals surface area contributed by atoms with Gasteiger partial charge in [0.05, 0.1) is 16.6 Å². The molecule has 6 aliphatic rings. The number of nitrogens with zero attached hydrogens (tertiary/aromatic N) is 1. The molecule has 188 valence electrons. The number of benzene rings is 1. The van der Waals surface area contributed by atoms with E-state index in [2.05, 4.69) is 29.5 Å². The van der Waals surface area contributed by atoms with Crippen LogP contribution in [0.25, 0.3) is 11.1 Å². The number of piperidine rings is 2. The number of aromatic amines is 1. The van der Waals surface area contributed by atoms with Gasteiger partial charge in [-0.15, -0.1) is 0 Å². The number of H-pyrrole nitrogens is 1. The predicted octanol–water partition coefficient (Wildman–Crippen LogP) is 2.50. The molecule has 5 fully saturated rings. The highest BCUT2D eigenvalue weighted by atomic mass is 16.4. The molecule has 6 heterocycles. The van der Waals surface area contributed by atoms with Gasteiger partial charge in [0.25, 0.3) is 0 Å². The third-order valence-corrected chi connectivity index (χ3v) is 10.1. The molecule has 1 aromatic heterocycles. The fraction of sp³-hybridized carbons (Fsp3) is 0.556. The average molecular weight is 491 g/mol. The molecule has 8 rings (SSSR count). The van der Waals surface area contributed by atoms with Crippen molar-refractivity contribution in [2.24, 2.45) is 11.3 Å². The highest BCUT2D eigenvalue weighted by Crippen LogP contribution is 2.70. The van der Waals surface area contributed by atoms with Gasteiger partial charge in [-0.05, 0) is 63.0 Å². The zero-order valence-corrected chi connectivity index (χ0v) is 21.0. The van der Waals surface area contributed by atoms with Crippen LogP contribution in [0.1, 0.15) is 64.5 Å². The van der Waals surface area contributed by atoms with Crippen LogP contribution in [0.3, 0.4) is 0 Å². The van der Waals surface area contributed by atoms with E-state index in [0.717, 1.165) is 23.1 Å². The summed E-state index contributed by atoms with van der Waals surface area (Å²) in [7, 11) is 0. The summed E-state index contributed by atoms with van der Waals surface area (Å²) < 4.78 is 5.51. The van der Waals surface area contributed by atoms with Gasteiger partial charge in [0.1, 0.15) is 11.1 Å². The van der Waals surface area contributed by atoms with Crippen molar-refractivity contribution in [2.75, 3.05) is 11.9 Å². The van der Waals surface area contributed by atoms with E-state index >= 15 is 0 Å². The maximum atomic E-state index is 14.1. The molecule has 0 radical (unpaired) electrons. The van der Waals surface area contributed by atoms with Crippen molar-refractivity contribution in [1.82, 2.24) is 15.2 Å². The van der Waals surface area contributed by atoms with Gasteiger partial charge < -0.3 is 20.0 Å². The van der Waals surface area contributed by atoms with Crippen LogP contribution in [-0.4, -0.2) is 45.2 Å². The van der Waals surface area contributed by atoms with Gasteiger partial charge >= 0.3 is 5.76 Å². The lowest BCUT2D eigenvalue weighted by Crippen LogP contribution is -2.81. The Kier molecular flexibility index (Phi) is 3.83. The maximum absolute atomic E-state index is 14.1. The Morgan fingerprint density at radius 3 is 2.72 bits per heavy atom. The molecule has 1 aromatic carbocycles. The molecule has 3 spiro atoms. The Morgan fingerprint density at radius 2 is 1.97 bits per heavy atom. The summed E-state index contributed by atoms with van der Waals surface area (Å²) in [5, 5.41) is 6.30. The number of aromatic nitrogens is 1. The largest absolute Gasteiger partial charge is 0.417 e. The fourth-order valence-corrected chi connectivity index (χ4v) is 8.43. The molecule has 2 aromatic rings. The molecule has 4 atom stereocenters. The second-order valence-corrected chi connectivity index (χ2v) is 12.2. The summed E-state index contributed by atoms with van der Waals surface area (Å²) in [6.07, 6.45) is 4.76. The third-order valence-electron chi connectivity index (χ3n) is 10.1. The van der Waals surface area contributed by atoms with Crippen molar-refractivity contribution >= 4 is 34.5 Å². The fourth-order valence-electron chi connectivity index (χ4n) is 8.43. The molecule has 2 bridgehead atoms. The summed E-state index contributed by atoms with van der Waals surface area (Å²) in [6.45, 7) is 8.70. The van der Waals surface area contributed by atoms with Crippen LogP contribution in [0, 0.1) is 11.3 Å². The Bertz CT molecular complexity index is 1510. The van der Waals surface area contributed by atoms with Crippen LogP contribution in [-0.2, 0) is 26.2 Å². The highest BCUT2D eigenvalue weighted by Gasteiger charge is 2.80. The third kappa shape index (κ3) is 2.16. The van der Waals surface area contributed by atoms with Crippen molar-refractivity contribution in [3.63, 3.8) is 0 Å². The van der Waals surface area contributed by atoms with Crippen LogP contribution in [0.4, 0.5) is 5.69 Å². The van der Waals surface area contributed by atoms with Gasteiger partial charge in [0.2, 0.25) is 17.7 Å². The number of allylic oxidation sites excluding steroid dienone is 2. The first-order valence-corrected chi connectivity index (χ1v) is 12.8.